The molecular weight excluding hydrogens is 374 g/mol. The number of hydrogen-bond donors (Lipinski definition) is 1. The van der Waals surface area contributed by atoms with Crippen LogP contribution in [0.15, 0.2) is 70.1 Å². The topological polar surface area (TPSA) is 99.1 Å². The average molecular weight is 386 g/mol. The monoisotopic (exact) mass is 385 g/mol. The fourth-order valence-electron chi connectivity index (χ4n) is 2.62. The number of rotatable bonds is 3. The lowest BCUT2D eigenvalue weighted by Gasteiger charge is -2.06. The molecule has 0 aliphatic rings. The van der Waals surface area contributed by atoms with Gasteiger partial charge in [0.25, 0.3) is 9.05 Å². The quantitative estimate of drug-likeness (QED) is 0.534. The summed E-state index contributed by atoms with van der Waals surface area (Å²) in [6.45, 7) is 0. The Morgan fingerprint density at radius 3 is 2.58 bits per heavy atom. The van der Waals surface area contributed by atoms with Crippen molar-refractivity contribution in [2.45, 2.75) is 4.90 Å². The van der Waals surface area contributed by atoms with Crippen LogP contribution >= 0.6 is 10.7 Å². The molecule has 0 fully saturated rings. The van der Waals surface area contributed by atoms with Gasteiger partial charge in [-0.3, -0.25) is 0 Å². The van der Waals surface area contributed by atoms with E-state index < -0.39 is 9.05 Å². The van der Waals surface area contributed by atoms with E-state index in [-0.39, 0.29) is 10.7 Å². The summed E-state index contributed by atoms with van der Waals surface area (Å²) in [6.07, 6.45) is 1.56. The summed E-state index contributed by atoms with van der Waals surface area (Å²) in [5.74, 6) is 0.612. The Kier molecular flexibility index (Phi) is 3.90. The highest BCUT2D eigenvalue weighted by atomic mass is 35.7. The summed E-state index contributed by atoms with van der Waals surface area (Å²) in [7, 11) is 1.60. The van der Waals surface area contributed by atoms with E-state index in [1.165, 1.54) is 12.1 Å². The molecule has 0 aliphatic heterocycles. The first-order chi connectivity index (χ1) is 12.4. The Balaban J connectivity index is 1.84. The molecule has 0 radical (unpaired) electrons. The second-order valence-electron chi connectivity index (χ2n) is 5.61. The highest BCUT2D eigenvalue weighted by Crippen LogP contribution is 2.32. The van der Waals surface area contributed by atoms with Crippen LogP contribution in [-0.2, 0) is 9.05 Å². The van der Waals surface area contributed by atoms with E-state index in [1.54, 1.807) is 24.4 Å². The molecule has 2 aromatic carbocycles. The smallest absolute Gasteiger partial charge is 0.261 e. The number of anilines is 1. The van der Waals surface area contributed by atoms with Gasteiger partial charge in [0.2, 0.25) is 5.89 Å². The van der Waals surface area contributed by atoms with Crippen molar-refractivity contribution in [1.29, 1.82) is 0 Å². The van der Waals surface area contributed by atoms with Crippen LogP contribution in [0.3, 0.4) is 0 Å². The van der Waals surface area contributed by atoms with Crippen LogP contribution < -0.4 is 5.73 Å². The van der Waals surface area contributed by atoms with Gasteiger partial charge in [-0.15, -0.1) is 0 Å². The van der Waals surface area contributed by atoms with Crippen LogP contribution in [0.5, 0.6) is 0 Å². The van der Waals surface area contributed by atoms with Crippen LogP contribution in [0.1, 0.15) is 0 Å². The Bertz CT molecular complexity index is 1200. The number of pyridine rings is 1. The number of hydrogen-bond acceptors (Lipinski definition) is 6. The molecule has 0 atom stereocenters. The Morgan fingerprint density at radius 1 is 1.00 bits per heavy atom. The first-order valence-corrected chi connectivity index (χ1v) is 9.89. The van der Waals surface area contributed by atoms with Gasteiger partial charge in [-0.25, -0.2) is 18.4 Å². The molecule has 0 aliphatic carbocycles. The number of nitrogens with two attached hydrogens (primary N) is 1. The van der Waals surface area contributed by atoms with E-state index in [1.807, 2.05) is 24.3 Å². The SMILES string of the molecule is Nc1ncc(-c2cccc(S(=O)(=O)Cl)c2)cc1-c1nc2ccccc2o1. The van der Waals surface area contributed by atoms with E-state index in [2.05, 4.69) is 9.97 Å². The number of halogens is 1. The molecule has 4 rings (SSSR count). The van der Waals surface area contributed by atoms with Gasteiger partial charge in [0.15, 0.2) is 5.58 Å². The lowest BCUT2D eigenvalue weighted by molar-refractivity contribution is 0.609. The van der Waals surface area contributed by atoms with Gasteiger partial charge in [0, 0.05) is 22.4 Å². The van der Waals surface area contributed by atoms with Crippen LogP contribution in [0.4, 0.5) is 5.82 Å². The van der Waals surface area contributed by atoms with E-state index >= 15 is 0 Å². The Morgan fingerprint density at radius 2 is 1.81 bits per heavy atom. The molecule has 2 aromatic heterocycles. The molecule has 2 N–H and O–H groups in total. The van der Waals surface area contributed by atoms with Crippen LogP contribution in [-0.4, -0.2) is 18.4 Å². The van der Waals surface area contributed by atoms with Crippen molar-refractivity contribution in [3.05, 3.63) is 60.8 Å². The molecule has 26 heavy (non-hydrogen) atoms. The van der Waals surface area contributed by atoms with E-state index in [9.17, 15) is 8.42 Å². The highest BCUT2D eigenvalue weighted by Gasteiger charge is 2.15. The summed E-state index contributed by atoms with van der Waals surface area (Å²) < 4.78 is 28.9. The van der Waals surface area contributed by atoms with Gasteiger partial charge in [-0.05, 0) is 35.9 Å². The van der Waals surface area contributed by atoms with E-state index in [4.69, 9.17) is 20.8 Å². The Labute approximate surface area is 153 Å². The summed E-state index contributed by atoms with van der Waals surface area (Å²) >= 11 is 0. The van der Waals surface area contributed by atoms with Gasteiger partial charge in [0.1, 0.15) is 11.3 Å². The summed E-state index contributed by atoms with van der Waals surface area (Å²) in [5, 5.41) is 0. The van der Waals surface area contributed by atoms with Crippen molar-refractivity contribution in [2.24, 2.45) is 0 Å². The molecule has 6 nitrogen and oxygen atoms in total. The first-order valence-electron chi connectivity index (χ1n) is 7.58. The van der Waals surface area contributed by atoms with E-state index in [0.29, 0.717) is 33.7 Å². The number of para-hydroxylation sites is 2. The molecule has 0 unspecified atom stereocenters. The van der Waals surface area contributed by atoms with Crippen molar-refractivity contribution in [3.63, 3.8) is 0 Å². The second-order valence-corrected chi connectivity index (χ2v) is 8.18. The lowest BCUT2D eigenvalue weighted by Crippen LogP contribution is -1.96. The fourth-order valence-corrected chi connectivity index (χ4v) is 3.42. The fraction of sp³-hybridized carbons (Fsp3) is 0. The number of benzene rings is 2. The molecule has 0 amide bonds. The number of nitrogen functional groups attached to an aromatic ring is 1. The van der Waals surface area contributed by atoms with E-state index in [0.717, 1.165) is 0 Å². The van der Waals surface area contributed by atoms with Crippen molar-refractivity contribution < 1.29 is 12.8 Å². The second kappa shape index (κ2) is 6.12. The van der Waals surface area contributed by atoms with Crippen LogP contribution in [0, 0.1) is 0 Å². The van der Waals surface area contributed by atoms with Crippen molar-refractivity contribution in [2.75, 3.05) is 5.73 Å². The van der Waals surface area contributed by atoms with Gasteiger partial charge >= 0.3 is 0 Å². The third-order valence-electron chi connectivity index (χ3n) is 3.89. The zero-order chi connectivity index (χ0) is 18.3. The van der Waals surface area contributed by atoms with Crippen molar-refractivity contribution in [1.82, 2.24) is 9.97 Å². The number of nitrogens with zero attached hydrogens (tertiary/aromatic N) is 2. The lowest BCUT2D eigenvalue weighted by atomic mass is 10.1. The zero-order valence-corrected chi connectivity index (χ0v) is 14.8. The van der Waals surface area contributed by atoms with Gasteiger partial charge in [-0.2, -0.15) is 0 Å². The maximum atomic E-state index is 11.6. The molecular formula is C18H12ClN3O3S. The number of fused-ring (bicyclic) bond motifs is 1. The third kappa shape index (κ3) is 3.02. The predicted molar refractivity (Wildman–Crippen MR) is 100 cm³/mol. The minimum atomic E-state index is -3.82. The predicted octanol–water partition coefficient (Wildman–Crippen LogP) is 4.07. The summed E-state index contributed by atoms with van der Waals surface area (Å²) in [6, 6.07) is 15.4. The zero-order valence-electron chi connectivity index (χ0n) is 13.3. The normalized spacial score (nSPS) is 11.7. The van der Waals surface area contributed by atoms with Gasteiger partial charge in [-0.1, -0.05) is 24.3 Å². The van der Waals surface area contributed by atoms with Gasteiger partial charge in [0.05, 0.1) is 10.5 Å². The largest absolute Gasteiger partial charge is 0.436 e. The van der Waals surface area contributed by atoms with Crippen LogP contribution in [0.25, 0.3) is 33.7 Å². The molecule has 8 heteroatoms. The number of aromatic nitrogens is 2. The molecule has 0 saturated carbocycles. The average Bonchev–Trinajstić information content (AvgIpc) is 3.05. The maximum absolute atomic E-state index is 11.6. The minimum absolute atomic E-state index is 0.0110. The van der Waals surface area contributed by atoms with Gasteiger partial charge < -0.3 is 10.2 Å². The Hall–Kier alpha value is -2.90. The van der Waals surface area contributed by atoms with Crippen molar-refractivity contribution in [3.8, 4) is 22.6 Å². The standard InChI is InChI=1S/C18H12ClN3O3S/c19-26(23,24)13-5-3-4-11(8-13)12-9-14(17(20)21-10-12)18-22-15-6-1-2-7-16(15)25-18/h1-10H,(H2,20,21). The molecule has 130 valence electrons. The summed E-state index contributed by atoms with van der Waals surface area (Å²) in [5.41, 5.74) is 9.17. The third-order valence-corrected chi connectivity index (χ3v) is 5.24. The maximum Gasteiger partial charge on any atom is 0.261 e. The molecule has 2 heterocycles. The summed E-state index contributed by atoms with van der Waals surface area (Å²) in [4.78, 5) is 8.63. The number of oxazole rings is 1. The minimum Gasteiger partial charge on any atom is -0.436 e. The van der Waals surface area contributed by atoms with Crippen molar-refractivity contribution >= 4 is 36.7 Å². The van der Waals surface area contributed by atoms with Crippen LogP contribution in [0.2, 0.25) is 0 Å². The molecule has 0 saturated heterocycles. The highest BCUT2D eigenvalue weighted by molar-refractivity contribution is 8.13. The molecule has 4 aromatic rings. The molecule has 0 bridgehead atoms. The first kappa shape index (κ1) is 16.6. The molecule has 0 spiro atoms.